The molecule has 1 saturated heterocycles. The molecule has 0 aliphatic carbocycles. The van der Waals surface area contributed by atoms with Gasteiger partial charge >= 0.3 is 0 Å². The Bertz CT molecular complexity index is 925. The maximum Gasteiger partial charge on any atom is 0.127 e. The topological polar surface area (TPSA) is 24.9 Å². The molecule has 32 heavy (non-hydrogen) atoms. The molecule has 5 heteroatoms. The predicted octanol–water partition coefficient (Wildman–Crippen LogP) is 5.13. The van der Waals surface area contributed by atoms with E-state index in [0.717, 1.165) is 63.6 Å². The Balaban J connectivity index is 1.47. The standard InChI is InChI=1S/C27H37ClN2O2/c1-20-21(2)26-24(22(3)25(20)31-18-23-8-6-5-7-9-23)10-11-27(4,32-26)19-30-16-14-29(13-12-28)15-17-30/h5-9H,10-19H2,1-4H3/t27-/m0/s1. The number of hydrogen-bond acceptors (Lipinski definition) is 4. The third-order valence-electron chi connectivity index (χ3n) is 7.21. The van der Waals surface area contributed by atoms with Gasteiger partial charge in [-0.05, 0) is 62.8 Å². The summed E-state index contributed by atoms with van der Waals surface area (Å²) < 4.78 is 13.1. The highest BCUT2D eigenvalue weighted by atomic mass is 35.5. The Morgan fingerprint density at radius 2 is 1.66 bits per heavy atom. The van der Waals surface area contributed by atoms with Gasteiger partial charge in [0.05, 0.1) is 0 Å². The van der Waals surface area contributed by atoms with Crippen LogP contribution in [0.5, 0.6) is 11.5 Å². The van der Waals surface area contributed by atoms with Crippen molar-refractivity contribution in [3.8, 4) is 11.5 Å². The number of benzene rings is 2. The summed E-state index contributed by atoms with van der Waals surface area (Å²) in [5.41, 5.74) is 5.99. The van der Waals surface area contributed by atoms with Crippen molar-refractivity contribution in [1.82, 2.24) is 9.80 Å². The zero-order chi connectivity index (χ0) is 22.7. The molecule has 174 valence electrons. The second-order valence-electron chi connectivity index (χ2n) is 9.64. The molecular weight excluding hydrogens is 420 g/mol. The fourth-order valence-electron chi connectivity index (χ4n) is 5.10. The van der Waals surface area contributed by atoms with Crippen LogP contribution in [0, 0.1) is 20.8 Å². The van der Waals surface area contributed by atoms with Crippen LogP contribution in [0.25, 0.3) is 0 Å². The van der Waals surface area contributed by atoms with Crippen molar-refractivity contribution in [3.63, 3.8) is 0 Å². The number of alkyl halides is 1. The number of piperazine rings is 1. The lowest BCUT2D eigenvalue weighted by molar-refractivity contribution is 0.00910. The molecule has 2 aliphatic rings. The molecule has 0 saturated carbocycles. The monoisotopic (exact) mass is 456 g/mol. The van der Waals surface area contributed by atoms with Crippen LogP contribution >= 0.6 is 11.6 Å². The van der Waals surface area contributed by atoms with Crippen molar-refractivity contribution in [2.24, 2.45) is 0 Å². The minimum Gasteiger partial charge on any atom is -0.488 e. The Hall–Kier alpha value is -1.75. The molecule has 0 amide bonds. The van der Waals surface area contributed by atoms with Crippen molar-refractivity contribution in [3.05, 3.63) is 58.1 Å². The molecule has 0 N–H and O–H groups in total. The first-order chi connectivity index (χ1) is 15.4. The van der Waals surface area contributed by atoms with Gasteiger partial charge in [-0.25, -0.2) is 0 Å². The van der Waals surface area contributed by atoms with Crippen LogP contribution in [0.15, 0.2) is 30.3 Å². The SMILES string of the molecule is Cc1c(C)c2c(c(C)c1OCc1ccccc1)CC[C@@](C)(CN1CCN(CCCl)CC1)O2. The summed E-state index contributed by atoms with van der Waals surface area (Å²) in [6, 6.07) is 10.4. The van der Waals surface area contributed by atoms with E-state index >= 15 is 0 Å². The molecule has 0 unspecified atom stereocenters. The first-order valence-electron chi connectivity index (χ1n) is 11.9. The van der Waals surface area contributed by atoms with Crippen molar-refractivity contribution in [1.29, 1.82) is 0 Å². The smallest absolute Gasteiger partial charge is 0.127 e. The summed E-state index contributed by atoms with van der Waals surface area (Å²) >= 11 is 5.91. The summed E-state index contributed by atoms with van der Waals surface area (Å²) in [6.45, 7) is 15.7. The van der Waals surface area contributed by atoms with E-state index in [1.54, 1.807) is 0 Å². The van der Waals surface area contributed by atoms with Gasteiger partial charge in [0.25, 0.3) is 0 Å². The zero-order valence-electron chi connectivity index (χ0n) is 20.0. The molecule has 4 rings (SSSR count). The molecule has 1 atom stereocenters. The molecule has 2 aromatic rings. The van der Waals surface area contributed by atoms with E-state index in [1.165, 1.54) is 27.8 Å². The average molecular weight is 457 g/mol. The first kappa shape index (κ1) is 23.4. The van der Waals surface area contributed by atoms with E-state index in [0.29, 0.717) is 12.5 Å². The molecule has 0 spiro atoms. The molecule has 0 radical (unpaired) electrons. The summed E-state index contributed by atoms with van der Waals surface area (Å²) in [5.74, 6) is 2.82. The number of nitrogens with zero attached hydrogens (tertiary/aromatic N) is 2. The minimum atomic E-state index is -0.155. The Morgan fingerprint density at radius 1 is 0.969 bits per heavy atom. The van der Waals surface area contributed by atoms with E-state index < -0.39 is 0 Å². The van der Waals surface area contributed by atoms with Gasteiger partial charge in [-0.3, -0.25) is 9.80 Å². The number of hydrogen-bond donors (Lipinski definition) is 0. The predicted molar refractivity (Wildman–Crippen MR) is 132 cm³/mol. The molecule has 2 heterocycles. The van der Waals surface area contributed by atoms with Crippen LogP contribution in [-0.2, 0) is 13.0 Å². The fraction of sp³-hybridized carbons (Fsp3) is 0.556. The molecule has 0 aromatic heterocycles. The van der Waals surface area contributed by atoms with Gasteiger partial charge in [0.2, 0.25) is 0 Å². The van der Waals surface area contributed by atoms with Gasteiger partial charge in [0.1, 0.15) is 23.7 Å². The molecular formula is C27H37ClN2O2. The second kappa shape index (κ2) is 10.0. The van der Waals surface area contributed by atoms with Gasteiger partial charge in [0, 0.05) is 50.7 Å². The highest BCUT2D eigenvalue weighted by molar-refractivity contribution is 6.18. The van der Waals surface area contributed by atoms with Gasteiger partial charge in [-0.2, -0.15) is 0 Å². The van der Waals surface area contributed by atoms with Gasteiger partial charge < -0.3 is 9.47 Å². The number of ether oxygens (including phenoxy) is 2. The molecule has 0 bridgehead atoms. The van der Waals surface area contributed by atoms with Crippen molar-refractivity contribution < 1.29 is 9.47 Å². The Morgan fingerprint density at radius 3 is 2.34 bits per heavy atom. The van der Waals surface area contributed by atoms with E-state index in [2.05, 4.69) is 61.8 Å². The lowest BCUT2D eigenvalue weighted by Gasteiger charge is -2.43. The average Bonchev–Trinajstić information content (AvgIpc) is 2.79. The largest absolute Gasteiger partial charge is 0.488 e. The Kier molecular flexibility index (Phi) is 7.34. The first-order valence-corrected chi connectivity index (χ1v) is 12.4. The number of fused-ring (bicyclic) bond motifs is 1. The molecule has 4 nitrogen and oxygen atoms in total. The van der Waals surface area contributed by atoms with Crippen LogP contribution in [-0.4, -0.2) is 60.5 Å². The summed E-state index contributed by atoms with van der Waals surface area (Å²) in [6.07, 6.45) is 2.07. The molecule has 2 aromatic carbocycles. The lowest BCUT2D eigenvalue weighted by atomic mass is 9.86. The fourth-order valence-corrected chi connectivity index (χ4v) is 5.34. The van der Waals surface area contributed by atoms with E-state index in [9.17, 15) is 0 Å². The summed E-state index contributed by atoms with van der Waals surface area (Å²) in [4.78, 5) is 5.01. The normalized spacial score (nSPS) is 21.8. The van der Waals surface area contributed by atoms with Crippen LogP contribution in [0.2, 0.25) is 0 Å². The lowest BCUT2D eigenvalue weighted by Crippen LogP contribution is -2.54. The van der Waals surface area contributed by atoms with Gasteiger partial charge in [-0.15, -0.1) is 11.6 Å². The second-order valence-corrected chi connectivity index (χ2v) is 10.0. The maximum atomic E-state index is 6.77. The summed E-state index contributed by atoms with van der Waals surface area (Å²) in [5, 5.41) is 0. The Labute approximate surface area is 198 Å². The third kappa shape index (κ3) is 5.08. The van der Waals surface area contributed by atoms with Gasteiger partial charge in [-0.1, -0.05) is 30.3 Å². The molecule has 2 aliphatic heterocycles. The van der Waals surface area contributed by atoms with E-state index in [4.69, 9.17) is 21.1 Å². The van der Waals surface area contributed by atoms with E-state index in [1.807, 2.05) is 6.07 Å². The zero-order valence-corrected chi connectivity index (χ0v) is 20.8. The quantitative estimate of drug-likeness (QED) is 0.539. The molecule has 1 fully saturated rings. The minimum absolute atomic E-state index is 0.155. The van der Waals surface area contributed by atoms with Crippen LogP contribution < -0.4 is 9.47 Å². The van der Waals surface area contributed by atoms with Crippen LogP contribution in [0.4, 0.5) is 0 Å². The summed E-state index contributed by atoms with van der Waals surface area (Å²) in [7, 11) is 0. The van der Waals surface area contributed by atoms with Crippen LogP contribution in [0.1, 0.15) is 41.2 Å². The number of rotatable bonds is 7. The van der Waals surface area contributed by atoms with Crippen LogP contribution in [0.3, 0.4) is 0 Å². The highest BCUT2D eigenvalue weighted by Gasteiger charge is 2.36. The van der Waals surface area contributed by atoms with Crippen molar-refractivity contribution >= 4 is 11.6 Å². The maximum absolute atomic E-state index is 6.77. The highest BCUT2D eigenvalue weighted by Crippen LogP contribution is 2.44. The van der Waals surface area contributed by atoms with Crippen molar-refractivity contribution in [2.45, 2.75) is 52.7 Å². The van der Waals surface area contributed by atoms with E-state index in [-0.39, 0.29) is 5.60 Å². The van der Waals surface area contributed by atoms with Crippen molar-refractivity contribution in [2.75, 3.05) is 45.1 Å². The number of halogens is 1. The third-order valence-corrected chi connectivity index (χ3v) is 7.38. The van der Waals surface area contributed by atoms with Gasteiger partial charge in [0.15, 0.2) is 0 Å².